The largest absolute Gasteiger partial charge is 0.461 e. The summed E-state index contributed by atoms with van der Waals surface area (Å²) in [6, 6.07) is 0. The molecule has 1 aliphatic heterocycles. The van der Waals surface area contributed by atoms with E-state index in [1.165, 1.54) is 0 Å². The maximum absolute atomic E-state index is 11.8. The van der Waals surface area contributed by atoms with Gasteiger partial charge in [-0.15, -0.1) is 0 Å². The molecule has 6 nitrogen and oxygen atoms in total. The van der Waals surface area contributed by atoms with Crippen LogP contribution < -0.4 is 0 Å². The smallest absolute Gasteiger partial charge is 0.334 e. The zero-order valence-corrected chi connectivity index (χ0v) is 11.4. The molecular weight excluding hydrogens is 272 g/mol. The second-order valence-corrected chi connectivity index (χ2v) is 6.26. The van der Waals surface area contributed by atoms with Gasteiger partial charge < -0.3 is 9.47 Å². The third-order valence-corrected chi connectivity index (χ3v) is 3.76. The van der Waals surface area contributed by atoms with Crippen LogP contribution in [-0.2, 0) is 24.4 Å². The zero-order valence-electron chi connectivity index (χ0n) is 10.5. The Balaban J connectivity index is 1.95. The van der Waals surface area contributed by atoms with Crippen LogP contribution in [-0.4, -0.2) is 44.0 Å². The Bertz CT molecular complexity index is 526. The number of ether oxygens (including phenoxy) is 2. The van der Waals surface area contributed by atoms with Crippen molar-refractivity contribution >= 4 is 16.1 Å². The number of hydrogen-bond acceptors (Lipinski definition) is 5. The molecule has 1 N–H and O–H groups in total. The Labute approximate surface area is 111 Å². The van der Waals surface area contributed by atoms with Gasteiger partial charge in [0.2, 0.25) is 0 Å². The Morgan fingerprint density at radius 2 is 2.26 bits per heavy atom. The van der Waals surface area contributed by atoms with Gasteiger partial charge in [0.05, 0.1) is 6.61 Å². The molecule has 2 unspecified atom stereocenters. The van der Waals surface area contributed by atoms with Gasteiger partial charge in [0.1, 0.15) is 18.5 Å². The molecule has 106 valence electrons. The van der Waals surface area contributed by atoms with Crippen molar-refractivity contribution in [2.24, 2.45) is 5.92 Å². The molecule has 7 heteroatoms. The lowest BCUT2D eigenvalue weighted by atomic mass is 9.89. The van der Waals surface area contributed by atoms with Crippen molar-refractivity contribution in [3.63, 3.8) is 0 Å². The van der Waals surface area contributed by atoms with Crippen LogP contribution in [0.3, 0.4) is 0 Å². The Morgan fingerprint density at radius 3 is 2.84 bits per heavy atom. The van der Waals surface area contributed by atoms with Crippen molar-refractivity contribution < 1.29 is 27.2 Å². The van der Waals surface area contributed by atoms with Crippen LogP contribution in [0.1, 0.15) is 13.3 Å². The van der Waals surface area contributed by atoms with E-state index in [1.54, 1.807) is 6.08 Å². The average Bonchev–Trinajstić information content (AvgIpc) is 3.11. The molecule has 0 saturated carbocycles. The summed E-state index contributed by atoms with van der Waals surface area (Å²) in [5, 5.41) is 0. The van der Waals surface area contributed by atoms with Crippen LogP contribution >= 0.6 is 0 Å². The lowest BCUT2D eigenvalue weighted by Crippen LogP contribution is -2.20. The van der Waals surface area contributed by atoms with E-state index >= 15 is 0 Å². The van der Waals surface area contributed by atoms with Crippen LogP contribution in [0.2, 0.25) is 0 Å². The summed E-state index contributed by atoms with van der Waals surface area (Å²) in [4.78, 5) is 11.8. The van der Waals surface area contributed by atoms with E-state index in [-0.39, 0.29) is 18.6 Å². The second kappa shape index (κ2) is 5.44. The molecule has 0 amide bonds. The molecule has 1 aliphatic carbocycles. The van der Waals surface area contributed by atoms with Crippen LogP contribution in [0.15, 0.2) is 23.3 Å². The number of rotatable bonds is 5. The molecule has 0 aromatic heterocycles. The van der Waals surface area contributed by atoms with Crippen molar-refractivity contribution in [2.75, 3.05) is 19.0 Å². The van der Waals surface area contributed by atoms with Gasteiger partial charge in [-0.1, -0.05) is 13.0 Å². The number of carbonyl (C=O) groups is 1. The second-order valence-electron chi connectivity index (χ2n) is 4.68. The van der Waals surface area contributed by atoms with Gasteiger partial charge in [0, 0.05) is 5.57 Å². The standard InChI is InChI=1S/C12H16O6S/c1-8-2-3-9(11-7-18-11)6-10(8)12(13)17-4-5-19(14,15)16/h3,6,8,11H,2,4-5,7H2,1H3,(H,14,15,16). The maximum Gasteiger partial charge on any atom is 0.334 e. The van der Waals surface area contributed by atoms with Gasteiger partial charge in [-0.25, -0.2) is 4.79 Å². The van der Waals surface area contributed by atoms with Crippen molar-refractivity contribution in [2.45, 2.75) is 19.4 Å². The highest BCUT2D eigenvalue weighted by Crippen LogP contribution is 2.30. The summed E-state index contributed by atoms with van der Waals surface area (Å²) < 4.78 is 39.6. The van der Waals surface area contributed by atoms with Crippen LogP contribution in [0, 0.1) is 5.92 Å². The fourth-order valence-corrected chi connectivity index (χ4v) is 2.16. The summed E-state index contributed by atoms with van der Waals surface area (Å²) in [5.74, 6) is -1.10. The Kier molecular flexibility index (Phi) is 4.07. The molecule has 2 aliphatic rings. The zero-order chi connectivity index (χ0) is 14.0. The summed E-state index contributed by atoms with van der Waals surface area (Å²) in [6.45, 7) is 2.22. The number of hydrogen-bond donors (Lipinski definition) is 1. The molecule has 1 saturated heterocycles. The summed E-state index contributed by atoms with van der Waals surface area (Å²) in [7, 11) is -4.11. The number of epoxide rings is 1. The van der Waals surface area contributed by atoms with Gasteiger partial charge in [-0.2, -0.15) is 8.42 Å². The number of allylic oxidation sites excluding steroid dienone is 1. The first-order valence-electron chi connectivity index (χ1n) is 6.02. The van der Waals surface area contributed by atoms with Gasteiger partial charge in [-0.3, -0.25) is 4.55 Å². The molecule has 2 rings (SSSR count). The van der Waals surface area contributed by atoms with E-state index < -0.39 is 21.8 Å². The van der Waals surface area contributed by atoms with Crippen LogP contribution in [0.5, 0.6) is 0 Å². The van der Waals surface area contributed by atoms with Crippen molar-refractivity contribution in [1.29, 1.82) is 0 Å². The van der Waals surface area contributed by atoms with E-state index in [9.17, 15) is 13.2 Å². The van der Waals surface area contributed by atoms with Crippen molar-refractivity contribution in [3.05, 3.63) is 23.3 Å². The fourth-order valence-electron chi connectivity index (χ4n) is 1.87. The molecule has 0 bridgehead atoms. The highest BCUT2D eigenvalue weighted by Gasteiger charge is 2.30. The first-order chi connectivity index (χ1) is 8.87. The third kappa shape index (κ3) is 4.15. The summed E-state index contributed by atoms with van der Waals surface area (Å²) in [5.41, 5.74) is 1.49. The molecule has 0 aromatic carbocycles. The topological polar surface area (TPSA) is 93.2 Å². The Morgan fingerprint density at radius 1 is 1.58 bits per heavy atom. The summed E-state index contributed by atoms with van der Waals surface area (Å²) in [6.07, 6.45) is 4.60. The van der Waals surface area contributed by atoms with E-state index in [4.69, 9.17) is 14.0 Å². The van der Waals surface area contributed by atoms with Gasteiger partial charge in [0.15, 0.2) is 0 Å². The normalized spacial score (nSPS) is 26.4. The maximum atomic E-state index is 11.8. The predicted molar refractivity (Wildman–Crippen MR) is 67.1 cm³/mol. The average molecular weight is 288 g/mol. The molecule has 19 heavy (non-hydrogen) atoms. The molecule has 0 spiro atoms. The third-order valence-electron chi connectivity index (χ3n) is 3.08. The first-order valence-corrected chi connectivity index (χ1v) is 7.63. The minimum absolute atomic E-state index is 0.0285. The Hall–Kier alpha value is -1.18. The fraction of sp³-hybridized carbons (Fsp3) is 0.583. The quantitative estimate of drug-likeness (QED) is 0.455. The van der Waals surface area contributed by atoms with Gasteiger partial charge in [-0.05, 0) is 24.0 Å². The van der Waals surface area contributed by atoms with Crippen molar-refractivity contribution in [1.82, 2.24) is 0 Å². The highest BCUT2D eigenvalue weighted by molar-refractivity contribution is 7.85. The predicted octanol–water partition coefficient (Wildman–Crippen LogP) is 0.709. The highest BCUT2D eigenvalue weighted by atomic mass is 32.2. The summed E-state index contributed by atoms with van der Waals surface area (Å²) >= 11 is 0. The van der Waals surface area contributed by atoms with E-state index in [2.05, 4.69) is 0 Å². The van der Waals surface area contributed by atoms with E-state index in [1.807, 2.05) is 13.0 Å². The van der Waals surface area contributed by atoms with E-state index in [0.29, 0.717) is 12.2 Å². The van der Waals surface area contributed by atoms with Crippen LogP contribution in [0.25, 0.3) is 0 Å². The van der Waals surface area contributed by atoms with E-state index in [0.717, 1.165) is 12.0 Å². The number of esters is 1. The minimum Gasteiger partial charge on any atom is -0.461 e. The molecular formula is C12H16O6S. The van der Waals surface area contributed by atoms with Crippen LogP contribution in [0.4, 0.5) is 0 Å². The molecule has 0 radical (unpaired) electrons. The van der Waals surface area contributed by atoms with Gasteiger partial charge >= 0.3 is 5.97 Å². The molecule has 1 heterocycles. The first kappa shape index (κ1) is 14.2. The number of carbonyl (C=O) groups excluding carboxylic acids is 1. The molecule has 0 aromatic rings. The molecule has 2 atom stereocenters. The minimum atomic E-state index is -4.11. The SMILES string of the molecule is CC1CC=C(C2CO2)C=C1C(=O)OCCS(=O)(=O)O. The van der Waals surface area contributed by atoms with Gasteiger partial charge in [0.25, 0.3) is 10.1 Å². The lowest BCUT2D eigenvalue weighted by molar-refractivity contribution is -0.139. The molecule has 1 fully saturated rings. The lowest BCUT2D eigenvalue weighted by Gasteiger charge is -2.18. The monoisotopic (exact) mass is 288 g/mol. The van der Waals surface area contributed by atoms with Crippen molar-refractivity contribution in [3.8, 4) is 0 Å².